The lowest BCUT2D eigenvalue weighted by atomic mass is 9.88. The molecule has 4 rings (SSSR count). The Morgan fingerprint density at radius 1 is 1.19 bits per heavy atom. The highest BCUT2D eigenvalue weighted by atomic mass is 32.2. The minimum absolute atomic E-state index is 0.292. The molecule has 0 aliphatic carbocycles. The molecule has 7 nitrogen and oxygen atoms in total. The van der Waals surface area contributed by atoms with Crippen molar-refractivity contribution in [3.8, 4) is 0 Å². The second kappa shape index (κ2) is 9.93. The topological polar surface area (TPSA) is 82.5 Å². The van der Waals surface area contributed by atoms with Gasteiger partial charge < -0.3 is 14.5 Å². The van der Waals surface area contributed by atoms with Gasteiger partial charge in [-0.2, -0.15) is 4.98 Å². The maximum absolute atomic E-state index is 15.3. The number of halogens is 1. The van der Waals surface area contributed by atoms with Crippen LogP contribution in [0.25, 0.3) is 0 Å². The standard InChI is InChI=1S/C26H30FN3O4SSi/c1-17(31)28-22-20(27)15-30(23(32)29-22)26(19-13-9-6-10-14-19)21(18-11-7-5-8-12-18)34-25(35-26,16-33-36)24(2,3)4/h5-15,21H,16H2,1-4,36H3,(H,28,29,31,32)/t21?,25-,26+/m0/s1. The lowest BCUT2D eigenvalue weighted by Crippen LogP contribution is -2.45. The molecule has 1 aliphatic rings. The van der Waals surface area contributed by atoms with Crippen molar-refractivity contribution in [3.63, 3.8) is 0 Å². The molecule has 3 aromatic rings. The molecular weight excluding hydrogens is 497 g/mol. The van der Waals surface area contributed by atoms with Gasteiger partial charge in [0.1, 0.15) is 21.5 Å². The third-order valence-electron chi connectivity index (χ3n) is 6.29. The number of nitrogens with one attached hydrogen (secondary N) is 1. The molecule has 0 bridgehead atoms. The number of carbonyl (C=O) groups excluding carboxylic acids is 1. The summed E-state index contributed by atoms with van der Waals surface area (Å²) in [6.45, 7) is 7.71. The maximum atomic E-state index is 15.3. The van der Waals surface area contributed by atoms with Crippen molar-refractivity contribution < 1.29 is 18.3 Å². The highest BCUT2D eigenvalue weighted by Crippen LogP contribution is 2.65. The summed E-state index contributed by atoms with van der Waals surface area (Å²) in [6.07, 6.45) is 0.424. The van der Waals surface area contributed by atoms with Gasteiger partial charge in [0.2, 0.25) is 5.91 Å². The van der Waals surface area contributed by atoms with Gasteiger partial charge in [0.25, 0.3) is 0 Å². The van der Waals surface area contributed by atoms with Crippen molar-refractivity contribution in [1.82, 2.24) is 9.55 Å². The third kappa shape index (κ3) is 4.54. The van der Waals surface area contributed by atoms with Gasteiger partial charge in [0.05, 0.1) is 12.8 Å². The van der Waals surface area contributed by atoms with Crippen LogP contribution in [-0.4, -0.2) is 37.5 Å². The molecule has 10 heteroatoms. The summed E-state index contributed by atoms with van der Waals surface area (Å²) in [5.74, 6) is -1.75. The van der Waals surface area contributed by atoms with Crippen LogP contribution in [0.15, 0.2) is 71.7 Å². The summed E-state index contributed by atoms with van der Waals surface area (Å²) < 4.78 is 29.4. The molecule has 36 heavy (non-hydrogen) atoms. The van der Waals surface area contributed by atoms with Crippen molar-refractivity contribution in [2.45, 2.75) is 43.6 Å². The van der Waals surface area contributed by atoms with E-state index in [1.807, 2.05) is 60.7 Å². The van der Waals surface area contributed by atoms with Gasteiger partial charge in [-0.3, -0.25) is 9.36 Å². The SMILES string of the molecule is CC(=O)Nc1nc(=O)n([C@]2(c3ccccc3)S[C@@](CO[SiH3])(C(C)(C)C)OC2c2ccccc2)cc1F. The molecule has 190 valence electrons. The molecule has 2 aromatic carbocycles. The molecule has 3 atom stereocenters. The van der Waals surface area contributed by atoms with Crippen molar-refractivity contribution in [3.05, 3.63) is 94.3 Å². The molecular formula is C26H30FN3O4SSi. The van der Waals surface area contributed by atoms with Crippen LogP contribution in [-0.2, 0) is 18.8 Å². The van der Waals surface area contributed by atoms with Crippen LogP contribution >= 0.6 is 11.8 Å². The number of nitrogens with zero attached hydrogens (tertiary/aromatic N) is 2. The highest BCUT2D eigenvalue weighted by Gasteiger charge is 2.63. The van der Waals surface area contributed by atoms with E-state index in [-0.39, 0.29) is 0 Å². The smallest absolute Gasteiger partial charge is 0.351 e. The van der Waals surface area contributed by atoms with Crippen molar-refractivity contribution in [1.29, 1.82) is 0 Å². The molecule has 1 N–H and O–H groups in total. The van der Waals surface area contributed by atoms with Crippen molar-refractivity contribution >= 4 is 34.0 Å². The van der Waals surface area contributed by atoms with Crippen LogP contribution in [0.1, 0.15) is 44.9 Å². The van der Waals surface area contributed by atoms with Crippen LogP contribution in [0, 0.1) is 11.2 Å². The zero-order valence-corrected chi connectivity index (χ0v) is 23.8. The monoisotopic (exact) mass is 527 g/mol. The fraction of sp³-hybridized carbons (Fsp3) is 0.346. The van der Waals surface area contributed by atoms with E-state index in [1.165, 1.54) is 23.3 Å². The van der Waals surface area contributed by atoms with E-state index in [9.17, 15) is 9.59 Å². The number of anilines is 1. The van der Waals surface area contributed by atoms with E-state index in [4.69, 9.17) is 9.16 Å². The molecule has 2 heterocycles. The van der Waals surface area contributed by atoms with Crippen LogP contribution in [0.2, 0.25) is 0 Å². The lowest BCUT2D eigenvalue weighted by molar-refractivity contribution is -0.114. The number of ether oxygens (including phenoxy) is 1. The molecule has 0 spiro atoms. The van der Waals surface area contributed by atoms with Crippen molar-refractivity contribution in [2.75, 3.05) is 11.9 Å². The first-order chi connectivity index (χ1) is 17.0. The zero-order chi connectivity index (χ0) is 26.1. The summed E-state index contributed by atoms with van der Waals surface area (Å²) in [7, 11) is 0.498. The Bertz CT molecular complexity index is 1300. The summed E-state index contributed by atoms with van der Waals surface area (Å²) in [5.41, 5.74) is 0.445. The number of benzene rings is 2. The highest BCUT2D eigenvalue weighted by molar-refractivity contribution is 8.01. The Labute approximate surface area is 217 Å². The number of hydrogen-bond donors (Lipinski definition) is 1. The largest absolute Gasteiger partial charge is 0.424 e. The van der Waals surface area contributed by atoms with Crippen LogP contribution in [0.4, 0.5) is 10.2 Å². The van der Waals surface area contributed by atoms with Crippen LogP contribution in [0.5, 0.6) is 0 Å². The van der Waals surface area contributed by atoms with Gasteiger partial charge >= 0.3 is 5.69 Å². The van der Waals surface area contributed by atoms with Gasteiger partial charge in [-0.05, 0) is 11.1 Å². The van der Waals surface area contributed by atoms with Gasteiger partial charge in [-0.25, -0.2) is 9.18 Å². The summed E-state index contributed by atoms with van der Waals surface area (Å²) in [4.78, 5) is 26.9. The second-order valence-corrected chi connectivity index (χ2v) is 11.8. The molecule has 0 radical (unpaired) electrons. The first-order valence-electron chi connectivity index (χ1n) is 11.6. The fourth-order valence-corrected chi connectivity index (χ4v) is 6.97. The number of thioether (sulfide) groups is 1. The number of hydrogen-bond acceptors (Lipinski definition) is 6. The van der Waals surface area contributed by atoms with E-state index in [0.29, 0.717) is 17.1 Å². The number of carbonyl (C=O) groups is 1. The Hall–Kier alpha value is -2.79. The third-order valence-corrected chi connectivity index (χ3v) is 8.69. The van der Waals surface area contributed by atoms with Crippen LogP contribution < -0.4 is 11.0 Å². The summed E-state index contributed by atoms with van der Waals surface area (Å²) in [5, 5.41) is 2.30. The van der Waals surface area contributed by atoms with Gasteiger partial charge in [0, 0.05) is 12.3 Å². The quantitative estimate of drug-likeness (QED) is 0.494. The molecule has 1 fully saturated rings. The molecule has 1 amide bonds. The lowest BCUT2D eigenvalue weighted by Gasteiger charge is -2.41. The first kappa shape index (κ1) is 26.3. The Balaban J connectivity index is 2.07. The summed E-state index contributed by atoms with van der Waals surface area (Å²) >= 11 is 1.43. The molecule has 1 aliphatic heterocycles. The van der Waals surface area contributed by atoms with Gasteiger partial charge in [-0.1, -0.05) is 93.2 Å². The Morgan fingerprint density at radius 3 is 2.36 bits per heavy atom. The Kier molecular flexibility index (Phi) is 7.25. The fourth-order valence-electron chi connectivity index (χ4n) is 4.45. The second-order valence-electron chi connectivity index (χ2n) is 9.78. The minimum atomic E-state index is -1.23. The van der Waals surface area contributed by atoms with Gasteiger partial charge in [0.15, 0.2) is 16.5 Å². The zero-order valence-electron chi connectivity index (χ0n) is 20.9. The average molecular weight is 528 g/mol. The van der Waals surface area contributed by atoms with E-state index >= 15 is 4.39 Å². The maximum Gasteiger partial charge on any atom is 0.351 e. The number of amides is 1. The molecule has 0 saturated carbocycles. The number of rotatable bonds is 6. The van der Waals surface area contributed by atoms with E-state index in [0.717, 1.165) is 17.3 Å². The van der Waals surface area contributed by atoms with E-state index in [1.54, 1.807) is 0 Å². The van der Waals surface area contributed by atoms with Crippen molar-refractivity contribution in [2.24, 2.45) is 5.41 Å². The van der Waals surface area contributed by atoms with Crippen LogP contribution in [0.3, 0.4) is 0 Å². The number of aromatic nitrogens is 2. The molecule has 1 unspecified atom stereocenters. The Morgan fingerprint density at radius 2 is 1.81 bits per heavy atom. The van der Waals surface area contributed by atoms with E-state index < -0.39 is 44.6 Å². The molecule has 1 saturated heterocycles. The normalized spacial score (nSPS) is 24.1. The van der Waals surface area contributed by atoms with E-state index in [2.05, 4.69) is 31.1 Å². The minimum Gasteiger partial charge on any atom is -0.424 e. The van der Waals surface area contributed by atoms with Gasteiger partial charge in [-0.15, -0.1) is 0 Å². The predicted molar refractivity (Wildman–Crippen MR) is 142 cm³/mol. The average Bonchev–Trinajstić information content (AvgIpc) is 3.20. The molecule has 1 aromatic heterocycles. The summed E-state index contributed by atoms with van der Waals surface area (Å²) in [6, 6.07) is 19.0. The first-order valence-corrected chi connectivity index (χ1v) is 13.2. The predicted octanol–water partition coefficient (Wildman–Crippen LogP) is 3.59.